The lowest BCUT2D eigenvalue weighted by Crippen LogP contribution is -1.93. The largest absolute Gasteiger partial charge is 0.240 e. The molecular weight excluding hydrogens is 136 g/mol. The Morgan fingerprint density at radius 1 is 1.55 bits per heavy atom. The fraction of sp³-hybridized carbons (Fsp3) is 0.333. The van der Waals surface area contributed by atoms with E-state index in [0.29, 0.717) is 6.42 Å². The Bertz CT molecular complexity index is 294. The molecule has 56 valence electrons. The topological polar surface area (TPSA) is 25.8 Å². The van der Waals surface area contributed by atoms with Gasteiger partial charge in [0.05, 0.1) is 6.42 Å². The van der Waals surface area contributed by atoms with Crippen molar-refractivity contribution in [3.05, 3.63) is 23.8 Å². The van der Waals surface area contributed by atoms with E-state index >= 15 is 0 Å². The predicted octanol–water partition coefficient (Wildman–Crippen LogP) is 1.35. The summed E-state index contributed by atoms with van der Waals surface area (Å²) in [6, 6.07) is 1.88. The number of aryl methyl sites for hydroxylation is 1. The van der Waals surface area contributed by atoms with E-state index in [-0.39, 0.29) is 0 Å². The fourth-order valence-corrected chi connectivity index (χ4v) is 0.753. The van der Waals surface area contributed by atoms with Gasteiger partial charge in [0.1, 0.15) is 5.82 Å². The molecule has 0 spiro atoms. The van der Waals surface area contributed by atoms with Crippen LogP contribution in [0.4, 0.5) is 0 Å². The Balaban J connectivity index is 2.76. The Hall–Kier alpha value is -1.36. The van der Waals surface area contributed by atoms with Crippen LogP contribution in [0.15, 0.2) is 12.3 Å². The Morgan fingerprint density at radius 3 is 3.00 bits per heavy atom. The first-order valence-corrected chi connectivity index (χ1v) is 3.51. The molecule has 1 rings (SSSR count). The van der Waals surface area contributed by atoms with Crippen molar-refractivity contribution in [2.45, 2.75) is 20.3 Å². The van der Waals surface area contributed by atoms with Crippen LogP contribution in [0.25, 0.3) is 0 Å². The van der Waals surface area contributed by atoms with Crippen molar-refractivity contribution in [1.29, 1.82) is 0 Å². The van der Waals surface area contributed by atoms with Gasteiger partial charge in [-0.1, -0.05) is 5.92 Å². The molecule has 0 saturated carbocycles. The SMILES string of the molecule is CC#CCc1nccc(C)n1. The normalized spacial score (nSPS) is 8.55. The smallest absolute Gasteiger partial charge is 0.140 e. The standard InChI is InChI=1S/C9H10N2/c1-3-4-5-9-10-7-6-8(2)11-9/h6-7H,5H2,1-2H3. The van der Waals surface area contributed by atoms with E-state index < -0.39 is 0 Å². The first-order valence-electron chi connectivity index (χ1n) is 3.51. The van der Waals surface area contributed by atoms with E-state index in [0.717, 1.165) is 11.5 Å². The summed E-state index contributed by atoms with van der Waals surface area (Å²) in [5, 5.41) is 0. The molecule has 0 saturated heterocycles. The summed E-state index contributed by atoms with van der Waals surface area (Å²) in [6.45, 7) is 3.76. The highest BCUT2D eigenvalue weighted by Gasteiger charge is 1.91. The van der Waals surface area contributed by atoms with Crippen molar-refractivity contribution < 1.29 is 0 Å². The van der Waals surface area contributed by atoms with Crippen molar-refractivity contribution in [3.8, 4) is 11.8 Å². The van der Waals surface area contributed by atoms with Crippen LogP contribution in [0.1, 0.15) is 18.4 Å². The van der Waals surface area contributed by atoms with Gasteiger partial charge in [0.25, 0.3) is 0 Å². The summed E-state index contributed by atoms with van der Waals surface area (Å²) in [6.07, 6.45) is 2.41. The molecule has 0 radical (unpaired) electrons. The first kappa shape index (κ1) is 7.74. The second-order valence-corrected chi connectivity index (χ2v) is 2.22. The fourth-order valence-electron chi connectivity index (χ4n) is 0.753. The van der Waals surface area contributed by atoms with Gasteiger partial charge in [-0.3, -0.25) is 0 Å². The van der Waals surface area contributed by atoms with Crippen LogP contribution < -0.4 is 0 Å². The molecule has 0 aliphatic rings. The van der Waals surface area contributed by atoms with Crippen LogP contribution in [0.2, 0.25) is 0 Å². The zero-order chi connectivity index (χ0) is 8.10. The lowest BCUT2D eigenvalue weighted by Gasteiger charge is -1.93. The lowest BCUT2D eigenvalue weighted by molar-refractivity contribution is 0.971. The highest BCUT2D eigenvalue weighted by Crippen LogP contribution is 1.92. The molecule has 0 N–H and O–H groups in total. The summed E-state index contributed by atoms with van der Waals surface area (Å²) >= 11 is 0. The monoisotopic (exact) mass is 146 g/mol. The maximum Gasteiger partial charge on any atom is 0.140 e. The van der Waals surface area contributed by atoms with Crippen molar-refractivity contribution in [2.24, 2.45) is 0 Å². The number of rotatable bonds is 1. The third kappa shape index (κ3) is 2.38. The first-order chi connectivity index (χ1) is 5.33. The summed E-state index contributed by atoms with van der Waals surface area (Å²) < 4.78 is 0. The van der Waals surface area contributed by atoms with Crippen molar-refractivity contribution in [2.75, 3.05) is 0 Å². The van der Waals surface area contributed by atoms with Gasteiger partial charge in [-0.2, -0.15) is 0 Å². The Kier molecular flexibility index (Phi) is 2.62. The molecule has 0 amide bonds. The van der Waals surface area contributed by atoms with Crippen molar-refractivity contribution >= 4 is 0 Å². The molecule has 0 atom stereocenters. The highest BCUT2D eigenvalue weighted by molar-refractivity contribution is 5.07. The average molecular weight is 146 g/mol. The van der Waals surface area contributed by atoms with E-state index in [1.54, 1.807) is 6.20 Å². The zero-order valence-electron chi connectivity index (χ0n) is 6.76. The van der Waals surface area contributed by atoms with E-state index in [2.05, 4.69) is 21.8 Å². The van der Waals surface area contributed by atoms with Gasteiger partial charge in [0.15, 0.2) is 0 Å². The van der Waals surface area contributed by atoms with Crippen LogP contribution in [-0.4, -0.2) is 9.97 Å². The summed E-state index contributed by atoms with van der Waals surface area (Å²) in [7, 11) is 0. The van der Waals surface area contributed by atoms with Crippen LogP contribution in [0, 0.1) is 18.8 Å². The van der Waals surface area contributed by atoms with Crippen molar-refractivity contribution in [1.82, 2.24) is 9.97 Å². The summed E-state index contributed by atoms with van der Waals surface area (Å²) in [5.41, 5.74) is 0.993. The van der Waals surface area contributed by atoms with E-state index in [4.69, 9.17) is 0 Å². The predicted molar refractivity (Wildman–Crippen MR) is 43.9 cm³/mol. The second kappa shape index (κ2) is 3.72. The number of hydrogen-bond donors (Lipinski definition) is 0. The van der Waals surface area contributed by atoms with Crippen LogP contribution in [0.3, 0.4) is 0 Å². The summed E-state index contributed by atoms with van der Waals surface area (Å²) in [5.74, 6) is 6.53. The van der Waals surface area contributed by atoms with Gasteiger partial charge in [-0.25, -0.2) is 9.97 Å². The molecule has 2 nitrogen and oxygen atoms in total. The van der Waals surface area contributed by atoms with Gasteiger partial charge in [-0.15, -0.1) is 5.92 Å². The van der Waals surface area contributed by atoms with E-state index in [1.165, 1.54) is 0 Å². The van der Waals surface area contributed by atoms with Gasteiger partial charge in [0.2, 0.25) is 0 Å². The van der Waals surface area contributed by atoms with Crippen molar-refractivity contribution in [3.63, 3.8) is 0 Å². The van der Waals surface area contributed by atoms with Crippen LogP contribution in [-0.2, 0) is 6.42 Å². The number of aromatic nitrogens is 2. The van der Waals surface area contributed by atoms with Gasteiger partial charge in [-0.05, 0) is 19.9 Å². The molecule has 0 bridgehead atoms. The molecular formula is C9H10N2. The van der Waals surface area contributed by atoms with Gasteiger partial charge < -0.3 is 0 Å². The molecule has 1 aromatic rings. The number of hydrogen-bond acceptors (Lipinski definition) is 2. The molecule has 0 fully saturated rings. The molecule has 0 aliphatic heterocycles. The minimum Gasteiger partial charge on any atom is -0.240 e. The molecule has 0 unspecified atom stereocenters. The Labute approximate surface area is 66.7 Å². The van der Waals surface area contributed by atoms with Crippen LogP contribution in [0.5, 0.6) is 0 Å². The number of nitrogens with zero attached hydrogens (tertiary/aromatic N) is 2. The minimum absolute atomic E-state index is 0.651. The van der Waals surface area contributed by atoms with E-state index in [9.17, 15) is 0 Å². The highest BCUT2D eigenvalue weighted by atomic mass is 14.9. The maximum absolute atomic E-state index is 4.20. The molecule has 0 aliphatic carbocycles. The second-order valence-electron chi connectivity index (χ2n) is 2.22. The Morgan fingerprint density at radius 2 is 2.36 bits per heavy atom. The molecule has 2 heteroatoms. The third-order valence-electron chi connectivity index (χ3n) is 1.27. The molecule has 11 heavy (non-hydrogen) atoms. The van der Waals surface area contributed by atoms with Gasteiger partial charge in [0, 0.05) is 11.9 Å². The minimum atomic E-state index is 0.651. The quantitative estimate of drug-likeness (QED) is 0.559. The molecule has 1 aromatic heterocycles. The lowest BCUT2D eigenvalue weighted by atomic mass is 10.3. The molecule has 1 heterocycles. The maximum atomic E-state index is 4.20. The van der Waals surface area contributed by atoms with E-state index in [1.807, 2.05) is 19.9 Å². The van der Waals surface area contributed by atoms with Crippen LogP contribution >= 0.6 is 0 Å². The van der Waals surface area contributed by atoms with Gasteiger partial charge >= 0.3 is 0 Å². The molecule has 0 aromatic carbocycles. The third-order valence-corrected chi connectivity index (χ3v) is 1.27. The zero-order valence-corrected chi connectivity index (χ0v) is 6.76. The average Bonchev–Trinajstić information content (AvgIpc) is 2.01. The summed E-state index contributed by atoms with van der Waals surface area (Å²) in [4.78, 5) is 8.26.